The van der Waals surface area contributed by atoms with E-state index < -0.39 is 5.97 Å². The van der Waals surface area contributed by atoms with Gasteiger partial charge in [0.15, 0.2) is 0 Å². The number of benzene rings is 1. The SMILES string of the molecule is O=C(O)c1cc(Br)ccc1-c1ccncc1. The Hall–Kier alpha value is -1.68. The number of nitrogens with zero attached hydrogens (tertiary/aromatic N) is 1. The molecule has 1 aromatic heterocycles. The minimum Gasteiger partial charge on any atom is -0.478 e. The lowest BCUT2D eigenvalue weighted by Crippen LogP contribution is -1.99. The summed E-state index contributed by atoms with van der Waals surface area (Å²) in [5.41, 5.74) is 1.82. The Morgan fingerprint density at radius 1 is 1.19 bits per heavy atom. The van der Waals surface area contributed by atoms with Crippen molar-refractivity contribution >= 4 is 21.9 Å². The number of pyridine rings is 1. The second-order valence-corrected chi connectivity index (χ2v) is 4.15. The summed E-state index contributed by atoms with van der Waals surface area (Å²) in [7, 11) is 0. The molecule has 0 aliphatic heterocycles. The van der Waals surface area contributed by atoms with Crippen LogP contribution in [-0.2, 0) is 0 Å². The Balaban J connectivity index is 2.61. The fraction of sp³-hybridized carbons (Fsp3) is 0. The van der Waals surface area contributed by atoms with Crippen molar-refractivity contribution in [1.29, 1.82) is 0 Å². The van der Waals surface area contributed by atoms with Gasteiger partial charge in [0, 0.05) is 16.9 Å². The Kier molecular flexibility index (Phi) is 3.01. The third-order valence-electron chi connectivity index (χ3n) is 2.20. The summed E-state index contributed by atoms with van der Waals surface area (Å²) < 4.78 is 0.753. The number of halogens is 1. The minimum absolute atomic E-state index is 0.278. The van der Waals surface area contributed by atoms with Crippen LogP contribution >= 0.6 is 15.9 Å². The molecule has 1 N–H and O–H groups in total. The van der Waals surface area contributed by atoms with Crippen molar-refractivity contribution in [3.8, 4) is 11.1 Å². The van der Waals surface area contributed by atoms with Crippen LogP contribution in [0.2, 0.25) is 0 Å². The van der Waals surface area contributed by atoms with E-state index in [-0.39, 0.29) is 5.56 Å². The van der Waals surface area contributed by atoms with Gasteiger partial charge in [-0.05, 0) is 35.4 Å². The molecule has 1 aromatic carbocycles. The van der Waals surface area contributed by atoms with E-state index in [1.165, 1.54) is 0 Å². The predicted octanol–water partition coefficient (Wildman–Crippen LogP) is 3.21. The van der Waals surface area contributed by atoms with Gasteiger partial charge >= 0.3 is 5.97 Å². The molecule has 0 bridgehead atoms. The zero-order valence-corrected chi connectivity index (χ0v) is 9.81. The summed E-state index contributed by atoms with van der Waals surface area (Å²) in [6.07, 6.45) is 3.28. The second kappa shape index (κ2) is 4.45. The zero-order chi connectivity index (χ0) is 11.5. The number of aromatic carboxylic acids is 1. The normalized spacial score (nSPS) is 10.1. The van der Waals surface area contributed by atoms with Crippen LogP contribution in [-0.4, -0.2) is 16.1 Å². The highest BCUT2D eigenvalue weighted by Gasteiger charge is 2.11. The van der Waals surface area contributed by atoms with Gasteiger partial charge in [-0.25, -0.2) is 4.79 Å². The van der Waals surface area contributed by atoms with Crippen molar-refractivity contribution in [2.75, 3.05) is 0 Å². The molecule has 0 fully saturated rings. The Labute approximate surface area is 101 Å². The van der Waals surface area contributed by atoms with Crippen LogP contribution in [0.3, 0.4) is 0 Å². The van der Waals surface area contributed by atoms with E-state index in [0.717, 1.165) is 10.0 Å². The number of hydrogen-bond acceptors (Lipinski definition) is 2. The van der Waals surface area contributed by atoms with E-state index in [1.807, 2.05) is 6.07 Å². The van der Waals surface area contributed by atoms with Gasteiger partial charge in [0.05, 0.1) is 5.56 Å². The molecule has 2 aromatic rings. The topological polar surface area (TPSA) is 50.2 Å². The van der Waals surface area contributed by atoms with Crippen LogP contribution in [0.25, 0.3) is 11.1 Å². The largest absolute Gasteiger partial charge is 0.478 e. The second-order valence-electron chi connectivity index (χ2n) is 3.23. The molecular weight excluding hydrogens is 270 g/mol. The molecule has 0 spiro atoms. The molecule has 2 rings (SSSR count). The molecule has 0 saturated carbocycles. The average Bonchev–Trinajstić information content (AvgIpc) is 2.30. The van der Waals surface area contributed by atoms with Gasteiger partial charge in [-0.1, -0.05) is 22.0 Å². The molecule has 3 nitrogen and oxygen atoms in total. The molecule has 0 aliphatic rings. The van der Waals surface area contributed by atoms with Crippen molar-refractivity contribution in [3.05, 3.63) is 52.8 Å². The van der Waals surface area contributed by atoms with Gasteiger partial charge < -0.3 is 5.11 Å². The molecule has 0 radical (unpaired) electrons. The molecule has 1 heterocycles. The smallest absolute Gasteiger partial charge is 0.336 e. The van der Waals surface area contributed by atoms with E-state index >= 15 is 0 Å². The lowest BCUT2D eigenvalue weighted by atomic mass is 10.0. The zero-order valence-electron chi connectivity index (χ0n) is 8.22. The summed E-state index contributed by atoms with van der Waals surface area (Å²) in [5, 5.41) is 9.11. The maximum atomic E-state index is 11.1. The predicted molar refractivity (Wildman–Crippen MR) is 64.3 cm³/mol. The molecule has 0 amide bonds. The van der Waals surface area contributed by atoms with E-state index in [2.05, 4.69) is 20.9 Å². The summed E-state index contributed by atoms with van der Waals surface area (Å²) in [5.74, 6) is -0.937. The quantitative estimate of drug-likeness (QED) is 0.917. The first-order valence-corrected chi connectivity index (χ1v) is 5.41. The van der Waals surface area contributed by atoms with Crippen molar-refractivity contribution in [2.45, 2.75) is 0 Å². The van der Waals surface area contributed by atoms with Gasteiger partial charge in [0.25, 0.3) is 0 Å². The molecule has 0 unspecified atom stereocenters. The maximum absolute atomic E-state index is 11.1. The molecule has 80 valence electrons. The Bertz CT molecular complexity index is 526. The van der Waals surface area contributed by atoms with Crippen molar-refractivity contribution in [1.82, 2.24) is 4.98 Å². The number of aromatic nitrogens is 1. The maximum Gasteiger partial charge on any atom is 0.336 e. The van der Waals surface area contributed by atoms with Crippen molar-refractivity contribution < 1.29 is 9.90 Å². The number of carboxylic acid groups (broad SMARTS) is 1. The first kappa shape index (κ1) is 10.8. The molecule has 16 heavy (non-hydrogen) atoms. The van der Waals surface area contributed by atoms with Crippen LogP contribution in [0.5, 0.6) is 0 Å². The number of hydrogen-bond donors (Lipinski definition) is 1. The summed E-state index contributed by atoms with van der Waals surface area (Å²) in [6.45, 7) is 0. The molecule has 4 heteroatoms. The Morgan fingerprint density at radius 3 is 2.50 bits per heavy atom. The Morgan fingerprint density at radius 2 is 1.88 bits per heavy atom. The lowest BCUT2D eigenvalue weighted by molar-refractivity contribution is 0.0697. The van der Waals surface area contributed by atoms with E-state index in [0.29, 0.717) is 5.56 Å². The van der Waals surface area contributed by atoms with Gasteiger partial charge in [-0.15, -0.1) is 0 Å². The van der Waals surface area contributed by atoms with Crippen LogP contribution in [0.4, 0.5) is 0 Å². The third-order valence-corrected chi connectivity index (χ3v) is 2.70. The first-order chi connectivity index (χ1) is 7.68. The number of carbonyl (C=O) groups is 1. The fourth-order valence-electron chi connectivity index (χ4n) is 1.48. The monoisotopic (exact) mass is 277 g/mol. The standard InChI is InChI=1S/C12H8BrNO2/c13-9-1-2-10(11(7-9)12(15)16)8-3-5-14-6-4-8/h1-7H,(H,15,16). The third kappa shape index (κ3) is 2.12. The highest BCUT2D eigenvalue weighted by molar-refractivity contribution is 9.10. The van der Waals surface area contributed by atoms with Gasteiger partial charge in [0.1, 0.15) is 0 Å². The lowest BCUT2D eigenvalue weighted by Gasteiger charge is -2.06. The fourth-order valence-corrected chi connectivity index (χ4v) is 1.84. The van der Waals surface area contributed by atoms with Crippen molar-refractivity contribution in [3.63, 3.8) is 0 Å². The van der Waals surface area contributed by atoms with E-state index in [1.54, 1.807) is 36.7 Å². The molecule has 0 saturated heterocycles. The van der Waals surface area contributed by atoms with Gasteiger partial charge in [-0.2, -0.15) is 0 Å². The summed E-state index contributed by atoms with van der Waals surface area (Å²) in [4.78, 5) is 15.0. The van der Waals surface area contributed by atoms with Crippen LogP contribution in [0.1, 0.15) is 10.4 Å². The average molecular weight is 278 g/mol. The summed E-state index contributed by atoms with van der Waals surface area (Å²) in [6, 6.07) is 8.77. The van der Waals surface area contributed by atoms with Crippen LogP contribution < -0.4 is 0 Å². The molecular formula is C12H8BrNO2. The van der Waals surface area contributed by atoms with Crippen molar-refractivity contribution in [2.24, 2.45) is 0 Å². The van der Waals surface area contributed by atoms with Gasteiger partial charge in [-0.3, -0.25) is 4.98 Å². The van der Waals surface area contributed by atoms with E-state index in [4.69, 9.17) is 5.11 Å². The summed E-state index contributed by atoms with van der Waals surface area (Å²) >= 11 is 3.26. The number of carboxylic acids is 1. The van der Waals surface area contributed by atoms with Crippen LogP contribution in [0.15, 0.2) is 47.2 Å². The molecule has 0 aliphatic carbocycles. The molecule has 0 atom stereocenters. The van der Waals surface area contributed by atoms with Crippen LogP contribution in [0, 0.1) is 0 Å². The van der Waals surface area contributed by atoms with Gasteiger partial charge in [0.2, 0.25) is 0 Å². The first-order valence-electron chi connectivity index (χ1n) is 4.62. The number of rotatable bonds is 2. The minimum atomic E-state index is -0.937. The highest BCUT2D eigenvalue weighted by Crippen LogP contribution is 2.26. The van der Waals surface area contributed by atoms with E-state index in [9.17, 15) is 4.79 Å². The highest BCUT2D eigenvalue weighted by atomic mass is 79.9.